The van der Waals surface area contributed by atoms with Crippen molar-refractivity contribution in [3.05, 3.63) is 35.8 Å². The lowest BCUT2D eigenvalue weighted by Gasteiger charge is -2.42. The molecule has 2 N–H and O–H groups in total. The smallest absolute Gasteiger partial charge is 0.317 e. The first-order valence-corrected chi connectivity index (χ1v) is 8.18. The van der Waals surface area contributed by atoms with Gasteiger partial charge in [-0.05, 0) is 44.0 Å². The Labute approximate surface area is 140 Å². The van der Waals surface area contributed by atoms with Crippen molar-refractivity contribution < 1.29 is 14.7 Å². The minimum atomic E-state index is -0.815. The van der Waals surface area contributed by atoms with E-state index in [-0.39, 0.29) is 24.5 Å². The van der Waals surface area contributed by atoms with E-state index in [4.69, 9.17) is 5.11 Å². The molecule has 128 valence electrons. The van der Waals surface area contributed by atoms with Crippen molar-refractivity contribution in [2.45, 2.75) is 38.8 Å². The summed E-state index contributed by atoms with van der Waals surface area (Å²) in [4.78, 5) is 29.5. The number of hydrogen-bond acceptors (Lipinski definition) is 4. The average Bonchev–Trinajstić information content (AvgIpc) is 2.91. The molecule has 0 spiro atoms. The number of aryl methyl sites for hydroxylation is 1. The van der Waals surface area contributed by atoms with E-state index in [1.54, 1.807) is 6.20 Å². The van der Waals surface area contributed by atoms with Gasteiger partial charge in [0.1, 0.15) is 11.3 Å². The van der Waals surface area contributed by atoms with Gasteiger partial charge in [0.2, 0.25) is 0 Å². The first-order chi connectivity index (χ1) is 11.5. The van der Waals surface area contributed by atoms with Crippen LogP contribution in [0.15, 0.2) is 24.5 Å². The average molecular weight is 330 g/mol. The Morgan fingerprint density at radius 1 is 1.46 bits per heavy atom. The fourth-order valence-electron chi connectivity index (χ4n) is 3.13. The van der Waals surface area contributed by atoms with Crippen LogP contribution in [0, 0.1) is 6.92 Å². The largest absolute Gasteiger partial charge is 0.480 e. The Morgan fingerprint density at radius 3 is 2.88 bits per heavy atom. The SMILES string of the molecule is CCN(CC(=O)O)C1CC(NC(=O)c2cn3ccc(C)cc3n2)C1. The maximum atomic E-state index is 12.3. The zero-order valence-corrected chi connectivity index (χ0v) is 13.9. The second-order valence-electron chi connectivity index (χ2n) is 6.35. The van der Waals surface area contributed by atoms with Crippen LogP contribution in [-0.2, 0) is 4.79 Å². The Morgan fingerprint density at radius 2 is 2.21 bits per heavy atom. The molecule has 3 rings (SSSR count). The molecule has 1 aliphatic carbocycles. The summed E-state index contributed by atoms with van der Waals surface area (Å²) in [6.45, 7) is 4.68. The number of amides is 1. The van der Waals surface area contributed by atoms with Gasteiger partial charge < -0.3 is 14.8 Å². The van der Waals surface area contributed by atoms with E-state index in [2.05, 4.69) is 10.3 Å². The maximum absolute atomic E-state index is 12.3. The third kappa shape index (κ3) is 3.41. The Balaban J connectivity index is 1.57. The second-order valence-corrected chi connectivity index (χ2v) is 6.35. The highest BCUT2D eigenvalue weighted by molar-refractivity contribution is 5.93. The summed E-state index contributed by atoms with van der Waals surface area (Å²) in [5.41, 5.74) is 2.26. The summed E-state index contributed by atoms with van der Waals surface area (Å²) in [5, 5.41) is 11.9. The van der Waals surface area contributed by atoms with Crippen LogP contribution in [0.1, 0.15) is 35.8 Å². The Kier molecular flexibility index (Phi) is 4.53. The molecule has 1 saturated carbocycles. The summed E-state index contributed by atoms with van der Waals surface area (Å²) < 4.78 is 1.83. The molecule has 2 aromatic heterocycles. The van der Waals surface area contributed by atoms with Crippen molar-refractivity contribution in [2.24, 2.45) is 0 Å². The van der Waals surface area contributed by atoms with E-state index in [1.807, 2.05) is 41.5 Å². The topological polar surface area (TPSA) is 86.9 Å². The number of aromatic nitrogens is 2. The van der Waals surface area contributed by atoms with Gasteiger partial charge in [-0.15, -0.1) is 0 Å². The number of carboxylic acid groups (broad SMARTS) is 1. The fraction of sp³-hybridized carbons (Fsp3) is 0.471. The lowest BCUT2D eigenvalue weighted by Crippen LogP contribution is -2.54. The summed E-state index contributed by atoms with van der Waals surface area (Å²) in [6, 6.07) is 4.20. The van der Waals surface area contributed by atoms with E-state index in [0.717, 1.165) is 24.1 Å². The van der Waals surface area contributed by atoms with Crippen LogP contribution in [0.4, 0.5) is 0 Å². The number of rotatable bonds is 6. The van der Waals surface area contributed by atoms with Gasteiger partial charge in [0.15, 0.2) is 0 Å². The molecular formula is C17H22N4O3. The molecule has 1 amide bonds. The number of carbonyl (C=O) groups is 2. The number of imidazole rings is 1. The van der Waals surface area contributed by atoms with Gasteiger partial charge in [0.25, 0.3) is 5.91 Å². The molecule has 0 saturated heterocycles. The first kappa shape index (κ1) is 16.4. The van der Waals surface area contributed by atoms with Crippen molar-refractivity contribution in [1.29, 1.82) is 0 Å². The molecule has 0 aromatic carbocycles. The van der Waals surface area contributed by atoms with Crippen molar-refractivity contribution in [2.75, 3.05) is 13.1 Å². The zero-order chi connectivity index (χ0) is 17.3. The van der Waals surface area contributed by atoms with Crippen LogP contribution < -0.4 is 5.32 Å². The van der Waals surface area contributed by atoms with Gasteiger partial charge >= 0.3 is 5.97 Å². The number of carbonyl (C=O) groups excluding carboxylic acids is 1. The number of fused-ring (bicyclic) bond motifs is 1. The molecule has 7 nitrogen and oxygen atoms in total. The first-order valence-electron chi connectivity index (χ1n) is 8.18. The molecule has 24 heavy (non-hydrogen) atoms. The molecule has 2 aromatic rings. The van der Waals surface area contributed by atoms with Crippen molar-refractivity contribution >= 4 is 17.5 Å². The summed E-state index contributed by atoms with van der Waals surface area (Å²) in [7, 11) is 0. The van der Waals surface area contributed by atoms with Crippen molar-refractivity contribution in [3.63, 3.8) is 0 Å². The lowest BCUT2D eigenvalue weighted by molar-refractivity contribution is -0.139. The number of aliphatic carboxylic acids is 1. The van der Waals surface area contributed by atoms with Crippen molar-refractivity contribution in [1.82, 2.24) is 19.6 Å². The predicted molar refractivity (Wildman–Crippen MR) is 89.1 cm³/mol. The normalized spacial score (nSPS) is 20.1. The number of hydrogen-bond donors (Lipinski definition) is 2. The fourth-order valence-corrected chi connectivity index (χ4v) is 3.13. The summed E-state index contributed by atoms with van der Waals surface area (Å²) in [5.74, 6) is -0.995. The number of nitrogens with one attached hydrogen (secondary N) is 1. The van der Waals surface area contributed by atoms with Gasteiger partial charge in [-0.3, -0.25) is 14.5 Å². The number of carboxylic acids is 1. The molecule has 0 unspecified atom stereocenters. The quantitative estimate of drug-likeness (QED) is 0.834. The van der Waals surface area contributed by atoms with Gasteiger partial charge in [0.05, 0.1) is 6.54 Å². The van der Waals surface area contributed by atoms with Gasteiger partial charge in [-0.1, -0.05) is 6.92 Å². The van der Waals surface area contributed by atoms with Crippen LogP contribution in [0.25, 0.3) is 5.65 Å². The van der Waals surface area contributed by atoms with Gasteiger partial charge in [0, 0.05) is 24.5 Å². The van der Waals surface area contributed by atoms with E-state index in [0.29, 0.717) is 12.2 Å². The predicted octanol–water partition coefficient (Wildman–Crippen LogP) is 1.31. The molecule has 7 heteroatoms. The number of nitrogens with zero attached hydrogens (tertiary/aromatic N) is 3. The molecule has 0 bridgehead atoms. The molecule has 0 aliphatic heterocycles. The highest BCUT2D eigenvalue weighted by Gasteiger charge is 2.35. The third-order valence-electron chi connectivity index (χ3n) is 4.56. The highest BCUT2D eigenvalue weighted by atomic mass is 16.4. The van der Waals surface area contributed by atoms with Crippen LogP contribution in [-0.4, -0.2) is 56.4 Å². The molecule has 1 fully saturated rings. The Hall–Kier alpha value is -2.41. The molecule has 0 radical (unpaired) electrons. The second kappa shape index (κ2) is 6.60. The van der Waals surface area contributed by atoms with Gasteiger partial charge in [-0.2, -0.15) is 0 Å². The highest BCUT2D eigenvalue weighted by Crippen LogP contribution is 2.25. The van der Waals surface area contributed by atoms with Crippen LogP contribution in [0.3, 0.4) is 0 Å². The van der Waals surface area contributed by atoms with Crippen LogP contribution >= 0.6 is 0 Å². The molecule has 1 aliphatic rings. The van der Waals surface area contributed by atoms with Gasteiger partial charge in [-0.25, -0.2) is 4.98 Å². The van der Waals surface area contributed by atoms with Crippen LogP contribution in [0.2, 0.25) is 0 Å². The number of likely N-dealkylation sites (N-methyl/N-ethyl adjacent to an activating group) is 1. The van der Waals surface area contributed by atoms with E-state index in [1.165, 1.54) is 0 Å². The zero-order valence-electron chi connectivity index (χ0n) is 13.9. The molecule has 0 atom stereocenters. The standard InChI is InChI=1S/C17H22N4O3/c1-3-20(10-16(22)23)13-7-12(8-13)18-17(24)14-9-21-5-4-11(2)6-15(21)19-14/h4-6,9,12-13H,3,7-8,10H2,1-2H3,(H,18,24)(H,22,23). The van der Waals surface area contributed by atoms with Crippen LogP contribution in [0.5, 0.6) is 0 Å². The minimum absolute atomic E-state index is 0.0492. The Bertz CT molecular complexity index is 764. The molecular weight excluding hydrogens is 308 g/mol. The number of pyridine rings is 1. The maximum Gasteiger partial charge on any atom is 0.317 e. The lowest BCUT2D eigenvalue weighted by atomic mass is 9.85. The monoisotopic (exact) mass is 330 g/mol. The van der Waals surface area contributed by atoms with E-state index < -0.39 is 5.97 Å². The van der Waals surface area contributed by atoms with Crippen molar-refractivity contribution in [3.8, 4) is 0 Å². The van der Waals surface area contributed by atoms with E-state index >= 15 is 0 Å². The minimum Gasteiger partial charge on any atom is -0.480 e. The molecule has 2 heterocycles. The third-order valence-corrected chi connectivity index (χ3v) is 4.56. The summed E-state index contributed by atoms with van der Waals surface area (Å²) in [6.07, 6.45) is 5.17. The summed E-state index contributed by atoms with van der Waals surface area (Å²) >= 11 is 0. The van der Waals surface area contributed by atoms with E-state index in [9.17, 15) is 9.59 Å².